The van der Waals surface area contributed by atoms with Gasteiger partial charge in [0.2, 0.25) is 0 Å². The first-order chi connectivity index (χ1) is 13.2. The Balaban J connectivity index is 1.48. The number of halogens is 1. The standard InChI is InChI=1S/C21H21FN4S/c22-19-8-4-3-7-18(19)20-23-25(21(27)26(20)17-9-10-17)14-24-12-11-15-5-1-2-6-16(15)13-24/h1-8,17H,9-14H2. The summed E-state index contributed by atoms with van der Waals surface area (Å²) in [6.07, 6.45) is 3.20. The first kappa shape index (κ1) is 16.8. The normalized spacial score (nSPS) is 17.1. The number of rotatable bonds is 4. The van der Waals surface area contributed by atoms with E-state index in [9.17, 15) is 4.39 Å². The molecule has 27 heavy (non-hydrogen) atoms. The van der Waals surface area contributed by atoms with Crippen LogP contribution in [0.3, 0.4) is 0 Å². The molecule has 2 heterocycles. The van der Waals surface area contributed by atoms with Crippen LogP contribution in [-0.4, -0.2) is 25.8 Å². The molecule has 5 rings (SSSR count). The molecule has 2 aromatic carbocycles. The number of hydrogen-bond acceptors (Lipinski definition) is 3. The van der Waals surface area contributed by atoms with Crippen LogP contribution in [0.1, 0.15) is 30.0 Å². The van der Waals surface area contributed by atoms with Gasteiger partial charge in [-0.25, -0.2) is 9.07 Å². The fourth-order valence-corrected chi connectivity index (χ4v) is 4.20. The van der Waals surface area contributed by atoms with Crippen LogP contribution < -0.4 is 0 Å². The SMILES string of the molecule is Fc1ccccc1-c1nn(CN2CCc3ccccc3C2)c(=S)n1C1CC1. The molecule has 0 saturated heterocycles. The Kier molecular flexibility index (Phi) is 4.17. The summed E-state index contributed by atoms with van der Waals surface area (Å²) < 4.78 is 19.0. The molecule has 6 heteroatoms. The molecule has 0 N–H and O–H groups in total. The van der Waals surface area contributed by atoms with Crippen LogP contribution in [0.2, 0.25) is 0 Å². The summed E-state index contributed by atoms with van der Waals surface area (Å²) in [6.45, 7) is 2.50. The van der Waals surface area contributed by atoms with E-state index < -0.39 is 0 Å². The summed E-state index contributed by atoms with van der Waals surface area (Å²) in [6, 6.07) is 15.8. The lowest BCUT2D eigenvalue weighted by molar-refractivity contribution is 0.188. The van der Waals surface area contributed by atoms with Crippen molar-refractivity contribution in [2.45, 2.75) is 38.5 Å². The third-order valence-corrected chi connectivity index (χ3v) is 5.85. The second-order valence-electron chi connectivity index (χ2n) is 7.40. The zero-order valence-electron chi connectivity index (χ0n) is 15.0. The fraction of sp³-hybridized carbons (Fsp3) is 0.333. The predicted octanol–water partition coefficient (Wildman–Crippen LogP) is 4.57. The molecule has 1 aliphatic carbocycles. The third kappa shape index (κ3) is 3.13. The second-order valence-corrected chi connectivity index (χ2v) is 7.76. The minimum Gasteiger partial charge on any atom is -0.297 e. The number of nitrogens with zero attached hydrogens (tertiary/aromatic N) is 4. The van der Waals surface area contributed by atoms with E-state index in [-0.39, 0.29) is 5.82 Å². The Labute approximate surface area is 162 Å². The van der Waals surface area contributed by atoms with E-state index in [1.807, 2.05) is 15.3 Å². The zero-order chi connectivity index (χ0) is 18.4. The summed E-state index contributed by atoms with van der Waals surface area (Å²) >= 11 is 5.73. The van der Waals surface area contributed by atoms with Gasteiger partial charge < -0.3 is 0 Å². The van der Waals surface area contributed by atoms with E-state index >= 15 is 0 Å². The first-order valence-electron chi connectivity index (χ1n) is 9.44. The van der Waals surface area contributed by atoms with Crippen molar-refractivity contribution in [3.8, 4) is 11.4 Å². The molecule has 3 aromatic rings. The molecule has 0 spiro atoms. The van der Waals surface area contributed by atoms with Crippen molar-refractivity contribution in [2.24, 2.45) is 0 Å². The van der Waals surface area contributed by atoms with Gasteiger partial charge in [0.1, 0.15) is 5.82 Å². The van der Waals surface area contributed by atoms with E-state index in [2.05, 4.69) is 29.2 Å². The summed E-state index contributed by atoms with van der Waals surface area (Å²) in [5.74, 6) is 0.399. The Bertz CT molecular complexity index is 1050. The van der Waals surface area contributed by atoms with Gasteiger partial charge in [-0.05, 0) is 54.7 Å². The van der Waals surface area contributed by atoms with Gasteiger partial charge in [-0.2, -0.15) is 5.10 Å². The predicted molar refractivity (Wildman–Crippen MR) is 105 cm³/mol. The monoisotopic (exact) mass is 380 g/mol. The van der Waals surface area contributed by atoms with Crippen LogP contribution in [0.25, 0.3) is 11.4 Å². The molecular weight excluding hydrogens is 359 g/mol. The molecule has 138 valence electrons. The molecule has 1 aromatic heterocycles. The molecule has 0 radical (unpaired) electrons. The van der Waals surface area contributed by atoms with Crippen LogP contribution in [0.5, 0.6) is 0 Å². The Morgan fingerprint density at radius 2 is 1.78 bits per heavy atom. The average Bonchev–Trinajstić information content (AvgIpc) is 3.47. The average molecular weight is 380 g/mol. The van der Waals surface area contributed by atoms with Crippen molar-refractivity contribution < 1.29 is 4.39 Å². The molecule has 1 saturated carbocycles. The maximum Gasteiger partial charge on any atom is 0.199 e. The molecule has 4 nitrogen and oxygen atoms in total. The lowest BCUT2D eigenvalue weighted by atomic mass is 10.0. The van der Waals surface area contributed by atoms with Gasteiger partial charge in [0, 0.05) is 19.1 Å². The molecule has 1 aliphatic heterocycles. The van der Waals surface area contributed by atoms with Gasteiger partial charge in [-0.15, -0.1) is 0 Å². The van der Waals surface area contributed by atoms with E-state index in [0.29, 0.717) is 28.9 Å². The molecule has 2 aliphatic rings. The maximum absolute atomic E-state index is 14.4. The van der Waals surface area contributed by atoms with Gasteiger partial charge in [0.25, 0.3) is 0 Å². The number of fused-ring (bicyclic) bond motifs is 1. The van der Waals surface area contributed by atoms with Gasteiger partial charge in [-0.1, -0.05) is 36.4 Å². The third-order valence-electron chi connectivity index (χ3n) is 5.44. The topological polar surface area (TPSA) is 26.0 Å². The van der Waals surface area contributed by atoms with Crippen molar-refractivity contribution >= 4 is 12.2 Å². The zero-order valence-corrected chi connectivity index (χ0v) is 15.8. The Morgan fingerprint density at radius 3 is 2.56 bits per heavy atom. The van der Waals surface area contributed by atoms with E-state index in [4.69, 9.17) is 17.3 Å². The summed E-state index contributed by atoms with van der Waals surface area (Å²) in [4.78, 5) is 2.35. The fourth-order valence-electron chi connectivity index (χ4n) is 3.86. The van der Waals surface area contributed by atoms with E-state index in [1.54, 1.807) is 12.1 Å². The quantitative estimate of drug-likeness (QED) is 0.620. The molecule has 0 unspecified atom stereocenters. The van der Waals surface area contributed by atoms with Crippen molar-refractivity contribution in [1.29, 1.82) is 0 Å². The highest BCUT2D eigenvalue weighted by Crippen LogP contribution is 2.39. The Hall–Kier alpha value is -2.31. The van der Waals surface area contributed by atoms with Gasteiger partial charge in [-0.3, -0.25) is 9.47 Å². The van der Waals surface area contributed by atoms with E-state index in [0.717, 1.165) is 32.4 Å². The highest BCUT2D eigenvalue weighted by atomic mass is 32.1. The minimum absolute atomic E-state index is 0.251. The van der Waals surface area contributed by atoms with Gasteiger partial charge in [0.05, 0.1) is 12.2 Å². The highest BCUT2D eigenvalue weighted by molar-refractivity contribution is 7.71. The van der Waals surface area contributed by atoms with Crippen molar-refractivity contribution in [1.82, 2.24) is 19.2 Å². The number of aromatic nitrogens is 3. The lowest BCUT2D eigenvalue weighted by Gasteiger charge is -2.28. The van der Waals surface area contributed by atoms with Gasteiger partial charge in [0.15, 0.2) is 10.6 Å². The van der Waals surface area contributed by atoms with E-state index in [1.165, 1.54) is 17.2 Å². The summed E-state index contributed by atoms with van der Waals surface area (Å²) in [5.41, 5.74) is 3.32. The van der Waals surface area contributed by atoms with Crippen molar-refractivity contribution in [3.05, 3.63) is 70.2 Å². The summed E-state index contributed by atoms with van der Waals surface area (Å²) in [5, 5.41) is 4.75. The van der Waals surface area contributed by atoms with Crippen LogP contribution >= 0.6 is 12.2 Å². The highest BCUT2D eigenvalue weighted by Gasteiger charge is 2.30. The lowest BCUT2D eigenvalue weighted by Crippen LogP contribution is -2.32. The molecule has 1 fully saturated rings. The molecule has 0 amide bonds. The molecular formula is C21H21FN4S. The largest absolute Gasteiger partial charge is 0.297 e. The first-order valence-corrected chi connectivity index (χ1v) is 9.85. The van der Waals surface area contributed by atoms with Crippen LogP contribution in [0.15, 0.2) is 48.5 Å². The molecule has 0 bridgehead atoms. The summed E-state index contributed by atoms with van der Waals surface area (Å²) in [7, 11) is 0. The minimum atomic E-state index is -0.251. The Morgan fingerprint density at radius 1 is 1.04 bits per heavy atom. The number of hydrogen-bond donors (Lipinski definition) is 0. The smallest absolute Gasteiger partial charge is 0.199 e. The van der Waals surface area contributed by atoms with Crippen LogP contribution in [0, 0.1) is 10.6 Å². The second kappa shape index (κ2) is 6.69. The molecule has 0 atom stereocenters. The maximum atomic E-state index is 14.4. The van der Waals surface area contributed by atoms with Crippen LogP contribution in [-0.2, 0) is 19.6 Å². The van der Waals surface area contributed by atoms with Gasteiger partial charge >= 0.3 is 0 Å². The van der Waals surface area contributed by atoms with Crippen molar-refractivity contribution in [3.63, 3.8) is 0 Å². The van der Waals surface area contributed by atoms with Crippen molar-refractivity contribution in [2.75, 3.05) is 6.54 Å². The van der Waals surface area contributed by atoms with Crippen LogP contribution in [0.4, 0.5) is 4.39 Å². The number of benzene rings is 2.